The molecule has 0 amide bonds. The highest BCUT2D eigenvalue weighted by Crippen LogP contribution is 2.44. The molecule has 0 bridgehead atoms. The van der Waals surface area contributed by atoms with E-state index in [0.717, 1.165) is 17.9 Å². The first kappa shape index (κ1) is 17.7. The zero-order valence-corrected chi connectivity index (χ0v) is 16.1. The topological polar surface area (TPSA) is 9.72 Å². The van der Waals surface area contributed by atoms with Crippen LogP contribution in [0.4, 0.5) is 0 Å². The van der Waals surface area contributed by atoms with Crippen LogP contribution in [0.1, 0.15) is 59.8 Å². The summed E-state index contributed by atoms with van der Waals surface area (Å²) in [5, 5.41) is 0. The molecular weight excluding hydrogens is 282 g/mol. The summed E-state index contributed by atoms with van der Waals surface area (Å²) >= 11 is 0. The fourth-order valence-electron chi connectivity index (χ4n) is 5.22. The Morgan fingerprint density at radius 2 is 1.52 bits per heavy atom. The van der Waals surface area contributed by atoms with Crippen molar-refractivity contribution >= 4 is 0 Å². The van der Waals surface area contributed by atoms with Crippen LogP contribution < -0.4 is 0 Å². The van der Waals surface area contributed by atoms with Crippen molar-refractivity contribution in [3.63, 3.8) is 0 Å². The molecule has 0 spiro atoms. The largest absolute Gasteiger partial charge is 0.301 e. The van der Waals surface area contributed by atoms with Crippen LogP contribution in [-0.4, -0.2) is 72.1 Å². The molecule has 3 nitrogen and oxygen atoms in total. The van der Waals surface area contributed by atoms with E-state index < -0.39 is 0 Å². The molecule has 3 rings (SSSR count). The van der Waals surface area contributed by atoms with Crippen LogP contribution >= 0.6 is 0 Å². The quantitative estimate of drug-likeness (QED) is 0.769. The second kappa shape index (κ2) is 7.41. The normalized spacial score (nSPS) is 35.6. The molecule has 1 saturated carbocycles. The molecule has 0 aromatic rings. The molecule has 3 aliphatic rings. The van der Waals surface area contributed by atoms with Gasteiger partial charge in [0, 0.05) is 44.3 Å². The van der Waals surface area contributed by atoms with Gasteiger partial charge in [-0.05, 0) is 71.4 Å². The second-order valence-corrected chi connectivity index (χ2v) is 9.04. The smallest absolute Gasteiger partial charge is 0.0187 e. The lowest BCUT2D eigenvalue weighted by Gasteiger charge is -2.55. The van der Waals surface area contributed by atoms with Gasteiger partial charge in [0.25, 0.3) is 0 Å². The number of piperazine rings is 1. The third kappa shape index (κ3) is 4.11. The van der Waals surface area contributed by atoms with E-state index in [1.807, 2.05) is 0 Å². The van der Waals surface area contributed by atoms with Crippen molar-refractivity contribution in [3.05, 3.63) is 0 Å². The first-order chi connectivity index (χ1) is 11.0. The van der Waals surface area contributed by atoms with E-state index in [9.17, 15) is 0 Å². The average molecular weight is 322 g/mol. The molecule has 0 aromatic carbocycles. The average Bonchev–Trinajstić information content (AvgIpc) is 2.53. The van der Waals surface area contributed by atoms with Gasteiger partial charge in [-0.2, -0.15) is 0 Å². The number of hydrogen-bond acceptors (Lipinski definition) is 3. The minimum Gasteiger partial charge on any atom is -0.301 e. The Balaban J connectivity index is 1.37. The predicted molar refractivity (Wildman–Crippen MR) is 98.9 cm³/mol. The van der Waals surface area contributed by atoms with Gasteiger partial charge in [-0.3, -0.25) is 4.90 Å². The number of likely N-dealkylation sites (tertiary alicyclic amines) is 1. The van der Waals surface area contributed by atoms with Crippen molar-refractivity contribution in [2.75, 3.05) is 45.8 Å². The fraction of sp³-hybridized carbons (Fsp3) is 1.00. The van der Waals surface area contributed by atoms with E-state index in [-0.39, 0.29) is 0 Å². The van der Waals surface area contributed by atoms with E-state index >= 15 is 0 Å². The molecule has 23 heavy (non-hydrogen) atoms. The Kier molecular flexibility index (Phi) is 5.70. The molecule has 0 aromatic heterocycles. The van der Waals surface area contributed by atoms with E-state index in [1.165, 1.54) is 77.9 Å². The molecule has 2 heterocycles. The Bertz CT molecular complexity index is 359. The van der Waals surface area contributed by atoms with Crippen LogP contribution in [0.3, 0.4) is 0 Å². The van der Waals surface area contributed by atoms with Crippen LogP contribution in [0.5, 0.6) is 0 Å². The number of piperidine rings is 1. The maximum absolute atomic E-state index is 2.80. The van der Waals surface area contributed by atoms with Crippen LogP contribution in [0, 0.1) is 11.8 Å². The number of rotatable bonds is 5. The Labute approximate surface area is 144 Å². The molecule has 0 unspecified atom stereocenters. The van der Waals surface area contributed by atoms with Crippen LogP contribution in [0.15, 0.2) is 0 Å². The summed E-state index contributed by atoms with van der Waals surface area (Å²) in [6.07, 6.45) is 7.08. The lowest BCUT2D eigenvalue weighted by Crippen LogP contribution is -2.61. The Morgan fingerprint density at radius 3 is 2.04 bits per heavy atom. The summed E-state index contributed by atoms with van der Waals surface area (Å²) in [5.41, 5.74) is 0.537. The van der Waals surface area contributed by atoms with Crippen LogP contribution in [0.25, 0.3) is 0 Å². The molecule has 3 fully saturated rings. The van der Waals surface area contributed by atoms with Crippen molar-refractivity contribution in [2.45, 2.75) is 71.4 Å². The molecule has 0 atom stereocenters. The van der Waals surface area contributed by atoms with Gasteiger partial charge < -0.3 is 9.80 Å². The molecule has 1 aliphatic carbocycles. The number of hydrogen-bond donors (Lipinski definition) is 0. The monoisotopic (exact) mass is 321 g/mol. The second-order valence-electron chi connectivity index (χ2n) is 9.04. The van der Waals surface area contributed by atoms with E-state index in [0.29, 0.717) is 5.54 Å². The van der Waals surface area contributed by atoms with E-state index in [2.05, 4.69) is 42.4 Å². The van der Waals surface area contributed by atoms with Crippen LogP contribution in [0.2, 0.25) is 0 Å². The molecular formula is C20H39N3. The lowest BCUT2D eigenvalue weighted by atomic mass is 9.67. The van der Waals surface area contributed by atoms with Gasteiger partial charge in [0.1, 0.15) is 0 Å². The van der Waals surface area contributed by atoms with Gasteiger partial charge in [-0.1, -0.05) is 13.3 Å². The van der Waals surface area contributed by atoms with Crippen molar-refractivity contribution in [2.24, 2.45) is 11.8 Å². The highest BCUT2D eigenvalue weighted by Gasteiger charge is 2.44. The molecule has 2 aliphatic heterocycles. The highest BCUT2D eigenvalue weighted by molar-refractivity contribution is 5.00. The zero-order chi connectivity index (χ0) is 16.4. The van der Waals surface area contributed by atoms with Gasteiger partial charge in [0.05, 0.1) is 0 Å². The molecule has 2 saturated heterocycles. The summed E-state index contributed by atoms with van der Waals surface area (Å²) in [6.45, 7) is 18.7. The van der Waals surface area contributed by atoms with Gasteiger partial charge in [-0.25, -0.2) is 0 Å². The standard InChI is InChI=1S/C20H39N3/c1-5-18-14-20(4,15-18)23-12-10-21(11-13-23)16-19-6-8-22(9-7-19)17(2)3/h17-19H,5-16H2,1-4H3. The summed E-state index contributed by atoms with van der Waals surface area (Å²) in [4.78, 5) is 8.21. The summed E-state index contributed by atoms with van der Waals surface area (Å²) in [7, 11) is 0. The van der Waals surface area contributed by atoms with Crippen molar-refractivity contribution in [3.8, 4) is 0 Å². The fourth-order valence-corrected chi connectivity index (χ4v) is 5.22. The minimum absolute atomic E-state index is 0.537. The predicted octanol–water partition coefficient (Wildman–Crippen LogP) is 3.30. The summed E-state index contributed by atoms with van der Waals surface area (Å²) in [5.74, 6) is 1.95. The van der Waals surface area contributed by atoms with Gasteiger partial charge in [0.2, 0.25) is 0 Å². The van der Waals surface area contributed by atoms with E-state index in [4.69, 9.17) is 0 Å². The molecule has 3 heteroatoms. The molecule has 0 radical (unpaired) electrons. The lowest BCUT2D eigenvalue weighted by molar-refractivity contribution is -0.0421. The Morgan fingerprint density at radius 1 is 0.913 bits per heavy atom. The number of nitrogens with zero attached hydrogens (tertiary/aromatic N) is 3. The third-order valence-electron chi connectivity index (χ3n) is 7.07. The first-order valence-corrected chi connectivity index (χ1v) is 10.2. The maximum Gasteiger partial charge on any atom is 0.0187 e. The van der Waals surface area contributed by atoms with Crippen molar-refractivity contribution < 1.29 is 0 Å². The van der Waals surface area contributed by atoms with Crippen molar-refractivity contribution in [1.29, 1.82) is 0 Å². The first-order valence-electron chi connectivity index (χ1n) is 10.2. The van der Waals surface area contributed by atoms with Crippen molar-refractivity contribution in [1.82, 2.24) is 14.7 Å². The highest BCUT2D eigenvalue weighted by atomic mass is 15.3. The maximum atomic E-state index is 2.80. The van der Waals surface area contributed by atoms with E-state index in [1.54, 1.807) is 0 Å². The summed E-state index contributed by atoms with van der Waals surface area (Å²) < 4.78 is 0. The van der Waals surface area contributed by atoms with Crippen LogP contribution in [-0.2, 0) is 0 Å². The summed E-state index contributed by atoms with van der Waals surface area (Å²) in [6, 6.07) is 0.731. The Hall–Kier alpha value is -0.120. The van der Waals surface area contributed by atoms with Gasteiger partial charge in [0.15, 0.2) is 0 Å². The third-order valence-corrected chi connectivity index (χ3v) is 7.07. The van der Waals surface area contributed by atoms with Gasteiger partial charge >= 0.3 is 0 Å². The zero-order valence-electron chi connectivity index (χ0n) is 16.1. The SMILES string of the molecule is CCC1CC(C)(N2CCN(CC3CCN(C(C)C)CC3)CC2)C1. The molecule has 0 N–H and O–H groups in total. The van der Waals surface area contributed by atoms with Gasteiger partial charge in [-0.15, -0.1) is 0 Å². The molecule has 134 valence electrons. The minimum atomic E-state index is 0.537.